The molecule has 0 radical (unpaired) electrons. The highest BCUT2D eigenvalue weighted by molar-refractivity contribution is 5.78. The minimum atomic E-state index is -0.396. The average molecular weight is 244 g/mol. The lowest BCUT2D eigenvalue weighted by Gasteiger charge is -2.10. The Hall–Kier alpha value is -2.30. The molecular weight excluding hydrogens is 228 g/mol. The van der Waals surface area contributed by atoms with E-state index >= 15 is 0 Å². The molecule has 2 rings (SSSR count). The number of nitrogens with zero attached hydrogens (tertiary/aromatic N) is 2. The van der Waals surface area contributed by atoms with Gasteiger partial charge in [-0.1, -0.05) is 19.1 Å². The highest BCUT2D eigenvalue weighted by Crippen LogP contribution is 2.21. The van der Waals surface area contributed by atoms with Gasteiger partial charge in [0.2, 0.25) is 5.91 Å². The molecule has 1 aromatic heterocycles. The Morgan fingerprint density at radius 3 is 2.56 bits per heavy atom. The van der Waals surface area contributed by atoms with Crippen LogP contribution in [0, 0.1) is 0 Å². The summed E-state index contributed by atoms with van der Waals surface area (Å²) >= 11 is 0. The Morgan fingerprint density at radius 2 is 2.00 bits per heavy atom. The van der Waals surface area contributed by atoms with Crippen LogP contribution in [-0.2, 0) is 4.79 Å². The molecule has 94 valence electrons. The van der Waals surface area contributed by atoms with Gasteiger partial charge in [0.25, 0.3) is 0 Å². The Bertz CT molecular complexity index is 544. The van der Waals surface area contributed by atoms with E-state index in [0.29, 0.717) is 6.42 Å². The van der Waals surface area contributed by atoms with E-state index in [-0.39, 0.29) is 5.91 Å². The maximum Gasteiger partial charge on any atom is 0.242 e. The summed E-state index contributed by atoms with van der Waals surface area (Å²) in [4.78, 5) is 11.3. The van der Waals surface area contributed by atoms with Crippen molar-refractivity contribution >= 4 is 11.6 Å². The van der Waals surface area contributed by atoms with Crippen LogP contribution in [0.15, 0.2) is 36.7 Å². The zero-order valence-corrected chi connectivity index (χ0v) is 10.2. The first kappa shape index (κ1) is 12.2. The van der Waals surface area contributed by atoms with Crippen LogP contribution >= 0.6 is 0 Å². The summed E-state index contributed by atoms with van der Waals surface area (Å²) in [5, 5.41) is 4.19. The summed E-state index contributed by atoms with van der Waals surface area (Å²) in [6.07, 6.45) is 4.17. The van der Waals surface area contributed by atoms with E-state index in [1.165, 1.54) is 0 Å². The van der Waals surface area contributed by atoms with Gasteiger partial charge >= 0.3 is 0 Å². The number of carbonyl (C=O) groups is 1. The van der Waals surface area contributed by atoms with Gasteiger partial charge in [0, 0.05) is 17.4 Å². The van der Waals surface area contributed by atoms with Crippen LogP contribution in [0.5, 0.6) is 0 Å². The second kappa shape index (κ2) is 4.91. The smallest absolute Gasteiger partial charge is 0.242 e. The largest absolute Gasteiger partial charge is 0.399 e. The maximum atomic E-state index is 11.3. The second-order valence-corrected chi connectivity index (χ2v) is 4.16. The van der Waals surface area contributed by atoms with E-state index in [4.69, 9.17) is 11.5 Å². The van der Waals surface area contributed by atoms with Gasteiger partial charge in [-0.25, -0.2) is 0 Å². The minimum Gasteiger partial charge on any atom is -0.399 e. The number of benzene rings is 1. The first-order chi connectivity index (χ1) is 8.61. The van der Waals surface area contributed by atoms with Crippen LogP contribution in [0.25, 0.3) is 11.1 Å². The van der Waals surface area contributed by atoms with Gasteiger partial charge in [-0.15, -0.1) is 0 Å². The van der Waals surface area contributed by atoms with Gasteiger partial charge in [0.05, 0.1) is 6.20 Å². The molecule has 0 bridgehead atoms. The molecular formula is C13H16N4O. The van der Waals surface area contributed by atoms with Gasteiger partial charge in [0.1, 0.15) is 6.04 Å². The van der Waals surface area contributed by atoms with E-state index in [2.05, 4.69) is 5.10 Å². The van der Waals surface area contributed by atoms with E-state index in [9.17, 15) is 4.79 Å². The van der Waals surface area contributed by atoms with Gasteiger partial charge < -0.3 is 11.5 Å². The fourth-order valence-electron chi connectivity index (χ4n) is 1.85. The van der Waals surface area contributed by atoms with Crippen molar-refractivity contribution in [1.82, 2.24) is 9.78 Å². The van der Waals surface area contributed by atoms with Crippen molar-refractivity contribution in [1.29, 1.82) is 0 Å². The third-order valence-corrected chi connectivity index (χ3v) is 2.88. The monoisotopic (exact) mass is 244 g/mol. The highest BCUT2D eigenvalue weighted by atomic mass is 16.1. The number of hydrogen-bond acceptors (Lipinski definition) is 3. The van der Waals surface area contributed by atoms with Crippen molar-refractivity contribution in [3.05, 3.63) is 36.7 Å². The van der Waals surface area contributed by atoms with Crippen LogP contribution in [0.2, 0.25) is 0 Å². The standard InChI is InChI=1S/C13H16N4O/c1-2-12(13(15)18)17-8-10(7-16-17)9-3-5-11(14)6-4-9/h3-8,12H,2,14H2,1H3,(H2,15,18). The van der Waals surface area contributed by atoms with Crippen molar-refractivity contribution in [3.63, 3.8) is 0 Å². The lowest BCUT2D eigenvalue weighted by Crippen LogP contribution is -2.26. The molecule has 5 nitrogen and oxygen atoms in total. The van der Waals surface area contributed by atoms with Crippen molar-refractivity contribution in [3.8, 4) is 11.1 Å². The van der Waals surface area contributed by atoms with Crippen LogP contribution < -0.4 is 11.5 Å². The molecule has 5 heteroatoms. The normalized spacial score (nSPS) is 12.3. The van der Waals surface area contributed by atoms with Gasteiger partial charge in [0.15, 0.2) is 0 Å². The third kappa shape index (κ3) is 2.34. The van der Waals surface area contributed by atoms with Crippen molar-refractivity contribution in [2.45, 2.75) is 19.4 Å². The molecule has 0 spiro atoms. The fraction of sp³-hybridized carbons (Fsp3) is 0.231. The van der Waals surface area contributed by atoms with Crippen LogP contribution in [0.4, 0.5) is 5.69 Å². The predicted octanol–water partition coefficient (Wildman–Crippen LogP) is 1.57. The molecule has 1 unspecified atom stereocenters. The topological polar surface area (TPSA) is 86.9 Å². The van der Waals surface area contributed by atoms with Crippen molar-refractivity contribution < 1.29 is 4.79 Å². The Balaban J connectivity index is 2.30. The maximum absolute atomic E-state index is 11.3. The number of amides is 1. The molecule has 0 aliphatic heterocycles. The van der Waals surface area contributed by atoms with E-state index in [1.807, 2.05) is 37.4 Å². The van der Waals surface area contributed by atoms with Gasteiger partial charge in [-0.05, 0) is 24.1 Å². The van der Waals surface area contributed by atoms with Crippen LogP contribution in [0.3, 0.4) is 0 Å². The average Bonchev–Trinajstić information content (AvgIpc) is 2.80. The van der Waals surface area contributed by atoms with E-state index in [0.717, 1.165) is 16.8 Å². The zero-order chi connectivity index (χ0) is 13.1. The van der Waals surface area contributed by atoms with E-state index in [1.54, 1.807) is 10.9 Å². The molecule has 18 heavy (non-hydrogen) atoms. The number of nitrogen functional groups attached to an aromatic ring is 1. The Labute approximate surface area is 105 Å². The fourth-order valence-corrected chi connectivity index (χ4v) is 1.85. The summed E-state index contributed by atoms with van der Waals surface area (Å²) in [7, 11) is 0. The molecule has 1 atom stereocenters. The number of primary amides is 1. The molecule has 0 saturated carbocycles. The first-order valence-corrected chi connectivity index (χ1v) is 5.81. The van der Waals surface area contributed by atoms with Gasteiger partial charge in [-0.3, -0.25) is 9.48 Å². The number of aromatic nitrogens is 2. The summed E-state index contributed by atoms with van der Waals surface area (Å²) in [5.41, 5.74) is 13.6. The van der Waals surface area contributed by atoms with E-state index < -0.39 is 6.04 Å². The summed E-state index contributed by atoms with van der Waals surface area (Å²) in [6.45, 7) is 1.90. The molecule has 2 aromatic rings. The van der Waals surface area contributed by atoms with Crippen LogP contribution in [-0.4, -0.2) is 15.7 Å². The molecule has 0 saturated heterocycles. The van der Waals surface area contributed by atoms with Crippen molar-refractivity contribution in [2.24, 2.45) is 5.73 Å². The first-order valence-electron chi connectivity index (χ1n) is 5.81. The lowest BCUT2D eigenvalue weighted by molar-refractivity contribution is -0.121. The second-order valence-electron chi connectivity index (χ2n) is 4.16. The zero-order valence-electron chi connectivity index (χ0n) is 10.2. The minimum absolute atomic E-state index is 0.371. The molecule has 0 aliphatic rings. The third-order valence-electron chi connectivity index (χ3n) is 2.88. The number of hydrogen-bond donors (Lipinski definition) is 2. The predicted molar refractivity (Wildman–Crippen MR) is 70.6 cm³/mol. The molecule has 1 aromatic carbocycles. The molecule has 1 heterocycles. The number of nitrogens with two attached hydrogens (primary N) is 2. The quantitative estimate of drug-likeness (QED) is 0.800. The summed E-state index contributed by atoms with van der Waals surface area (Å²) < 4.78 is 1.61. The lowest BCUT2D eigenvalue weighted by atomic mass is 10.1. The number of anilines is 1. The molecule has 4 N–H and O–H groups in total. The SMILES string of the molecule is CCC(C(N)=O)n1cc(-c2ccc(N)cc2)cn1. The summed E-state index contributed by atoms with van der Waals surface area (Å²) in [6, 6.07) is 7.10. The molecule has 0 aliphatic carbocycles. The molecule has 1 amide bonds. The summed E-state index contributed by atoms with van der Waals surface area (Å²) in [5.74, 6) is -0.371. The highest BCUT2D eigenvalue weighted by Gasteiger charge is 2.16. The number of carbonyl (C=O) groups excluding carboxylic acids is 1. The molecule has 0 fully saturated rings. The van der Waals surface area contributed by atoms with Crippen molar-refractivity contribution in [2.75, 3.05) is 5.73 Å². The number of rotatable bonds is 4. The van der Waals surface area contributed by atoms with Gasteiger partial charge in [-0.2, -0.15) is 5.10 Å². The Morgan fingerprint density at radius 1 is 1.33 bits per heavy atom. The Kier molecular flexibility index (Phi) is 3.32. The van der Waals surface area contributed by atoms with Crippen LogP contribution in [0.1, 0.15) is 19.4 Å².